The highest BCUT2D eigenvalue weighted by Crippen LogP contribution is 2.27. The third-order valence-corrected chi connectivity index (χ3v) is 1.86. The summed E-state index contributed by atoms with van der Waals surface area (Å²) in [5.41, 5.74) is 8.70. The summed E-state index contributed by atoms with van der Waals surface area (Å²) in [6.07, 6.45) is -3.18. The molecular formula is C10H11F3N4O2. The molecule has 0 saturated carbocycles. The number of rotatable bonds is 6. The van der Waals surface area contributed by atoms with Crippen LogP contribution in [0, 0.1) is 0 Å². The second-order valence-electron chi connectivity index (χ2n) is 3.37. The zero-order chi connectivity index (χ0) is 14.3. The summed E-state index contributed by atoms with van der Waals surface area (Å²) in [6, 6.07) is 1.43. The van der Waals surface area contributed by atoms with Gasteiger partial charge in [-0.15, -0.1) is 0 Å². The van der Waals surface area contributed by atoms with Gasteiger partial charge in [0.15, 0.2) is 12.4 Å². The van der Waals surface area contributed by atoms with Crippen LogP contribution in [0.25, 0.3) is 10.4 Å². The first-order valence-electron chi connectivity index (χ1n) is 5.28. The Kier molecular flexibility index (Phi) is 5.25. The Morgan fingerprint density at radius 1 is 1.42 bits per heavy atom. The summed E-state index contributed by atoms with van der Waals surface area (Å²) in [7, 11) is 0. The van der Waals surface area contributed by atoms with Crippen LogP contribution < -0.4 is 9.47 Å². The molecule has 0 aliphatic rings. The fraction of sp³-hybridized carbons (Fsp3) is 0.500. The van der Waals surface area contributed by atoms with Crippen LogP contribution in [0.4, 0.5) is 13.2 Å². The van der Waals surface area contributed by atoms with Crippen LogP contribution in [0.1, 0.15) is 12.5 Å². The van der Waals surface area contributed by atoms with Crippen LogP contribution in [0.2, 0.25) is 0 Å². The van der Waals surface area contributed by atoms with Crippen LogP contribution in [-0.4, -0.2) is 24.4 Å². The number of alkyl halides is 3. The molecule has 0 unspecified atom stereocenters. The minimum Gasteiger partial charge on any atom is -0.488 e. The minimum absolute atomic E-state index is 0.0309. The second kappa shape index (κ2) is 6.69. The van der Waals surface area contributed by atoms with E-state index < -0.39 is 12.8 Å². The first kappa shape index (κ1) is 14.9. The van der Waals surface area contributed by atoms with Gasteiger partial charge in [0.2, 0.25) is 0 Å². The van der Waals surface area contributed by atoms with Gasteiger partial charge in [0.05, 0.1) is 13.2 Å². The van der Waals surface area contributed by atoms with Crippen molar-refractivity contribution in [3.8, 4) is 11.6 Å². The van der Waals surface area contributed by atoms with E-state index in [1.807, 2.05) is 0 Å². The molecule has 1 rings (SSSR count). The maximum atomic E-state index is 12.1. The molecule has 104 valence electrons. The predicted octanol–water partition coefficient (Wildman–Crippen LogP) is 3.23. The van der Waals surface area contributed by atoms with Gasteiger partial charge in [0.25, 0.3) is 5.88 Å². The molecular weight excluding hydrogens is 265 g/mol. The first-order chi connectivity index (χ1) is 8.96. The van der Waals surface area contributed by atoms with Crippen LogP contribution >= 0.6 is 0 Å². The number of ether oxygens (including phenoxy) is 2. The van der Waals surface area contributed by atoms with Crippen molar-refractivity contribution in [1.29, 1.82) is 0 Å². The Morgan fingerprint density at radius 2 is 2.16 bits per heavy atom. The molecule has 9 heteroatoms. The van der Waals surface area contributed by atoms with Crippen LogP contribution in [-0.2, 0) is 6.54 Å². The van der Waals surface area contributed by atoms with Crippen molar-refractivity contribution in [1.82, 2.24) is 4.98 Å². The number of nitrogens with zero attached hydrogens (tertiary/aromatic N) is 4. The molecule has 6 nitrogen and oxygen atoms in total. The van der Waals surface area contributed by atoms with Crippen molar-refractivity contribution in [3.63, 3.8) is 0 Å². The van der Waals surface area contributed by atoms with Gasteiger partial charge in [-0.2, -0.15) is 13.2 Å². The summed E-state index contributed by atoms with van der Waals surface area (Å²) in [5, 5.41) is 3.32. The molecule has 0 saturated heterocycles. The lowest BCUT2D eigenvalue weighted by atomic mass is 10.3. The van der Waals surface area contributed by atoms with Crippen molar-refractivity contribution in [2.45, 2.75) is 19.6 Å². The number of aromatic nitrogens is 1. The lowest BCUT2D eigenvalue weighted by molar-refractivity contribution is -0.154. The van der Waals surface area contributed by atoms with Gasteiger partial charge in [-0.25, -0.2) is 4.98 Å². The summed E-state index contributed by atoms with van der Waals surface area (Å²) >= 11 is 0. The van der Waals surface area contributed by atoms with Crippen molar-refractivity contribution in [2.24, 2.45) is 5.11 Å². The standard InChI is InChI=1S/C10H11F3N4O2/c1-2-18-8-3-7(5-16-17-14)4-15-9(8)19-6-10(11,12)13/h3-4H,2,5-6H2,1H3. The zero-order valence-corrected chi connectivity index (χ0v) is 10.0. The summed E-state index contributed by atoms with van der Waals surface area (Å²) in [4.78, 5) is 6.30. The van der Waals surface area contributed by atoms with E-state index >= 15 is 0 Å². The van der Waals surface area contributed by atoms with Crippen molar-refractivity contribution in [3.05, 3.63) is 28.3 Å². The fourth-order valence-electron chi connectivity index (χ4n) is 1.19. The number of hydrogen-bond donors (Lipinski definition) is 0. The Labute approximate surface area is 106 Å². The van der Waals surface area contributed by atoms with Gasteiger partial charge >= 0.3 is 6.18 Å². The Morgan fingerprint density at radius 3 is 2.74 bits per heavy atom. The van der Waals surface area contributed by atoms with E-state index in [0.717, 1.165) is 0 Å². The van der Waals surface area contributed by atoms with E-state index in [2.05, 4.69) is 19.7 Å². The van der Waals surface area contributed by atoms with E-state index in [9.17, 15) is 13.2 Å². The van der Waals surface area contributed by atoms with Gasteiger partial charge < -0.3 is 9.47 Å². The monoisotopic (exact) mass is 276 g/mol. The molecule has 0 bridgehead atoms. The Bertz CT molecular complexity index is 472. The SMILES string of the molecule is CCOc1cc(CN=[N+]=[N-])cnc1OCC(F)(F)F. The van der Waals surface area contributed by atoms with Gasteiger partial charge in [-0.3, -0.25) is 0 Å². The van der Waals surface area contributed by atoms with E-state index in [1.165, 1.54) is 12.3 Å². The van der Waals surface area contributed by atoms with Crippen LogP contribution in [0.5, 0.6) is 11.6 Å². The van der Waals surface area contributed by atoms with E-state index in [1.54, 1.807) is 6.92 Å². The van der Waals surface area contributed by atoms with Gasteiger partial charge in [-0.1, -0.05) is 5.11 Å². The normalized spacial score (nSPS) is 10.7. The average Bonchev–Trinajstić information content (AvgIpc) is 2.34. The van der Waals surface area contributed by atoms with E-state index in [4.69, 9.17) is 10.3 Å². The molecule has 0 aliphatic carbocycles. The fourth-order valence-corrected chi connectivity index (χ4v) is 1.19. The average molecular weight is 276 g/mol. The lowest BCUT2D eigenvalue weighted by Gasteiger charge is -2.12. The third kappa shape index (κ3) is 5.35. The molecule has 0 aliphatic heterocycles. The smallest absolute Gasteiger partial charge is 0.422 e. The maximum Gasteiger partial charge on any atom is 0.422 e. The molecule has 0 fully saturated rings. The van der Waals surface area contributed by atoms with Crippen molar-refractivity contribution < 1.29 is 22.6 Å². The summed E-state index contributed by atoms with van der Waals surface area (Å²) < 4.78 is 45.8. The molecule has 0 spiro atoms. The highest BCUT2D eigenvalue weighted by Gasteiger charge is 2.29. The van der Waals surface area contributed by atoms with Gasteiger partial charge in [0, 0.05) is 11.1 Å². The number of halogens is 3. The first-order valence-corrected chi connectivity index (χ1v) is 5.28. The summed E-state index contributed by atoms with van der Waals surface area (Å²) in [6.45, 7) is 0.502. The molecule has 1 heterocycles. The number of pyridine rings is 1. The lowest BCUT2D eigenvalue weighted by Crippen LogP contribution is -2.20. The van der Waals surface area contributed by atoms with Crippen molar-refractivity contribution >= 4 is 0 Å². The Hall–Kier alpha value is -2.15. The second-order valence-corrected chi connectivity index (χ2v) is 3.37. The van der Waals surface area contributed by atoms with Gasteiger partial charge in [0.1, 0.15) is 0 Å². The molecule has 0 N–H and O–H groups in total. The minimum atomic E-state index is -4.45. The zero-order valence-electron chi connectivity index (χ0n) is 10.0. The highest BCUT2D eigenvalue weighted by atomic mass is 19.4. The van der Waals surface area contributed by atoms with Crippen LogP contribution in [0.15, 0.2) is 17.4 Å². The largest absolute Gasteiger partial charge is 0.488 e. The molecule has 19 heavy (non-hydrogen) atoms. The molecule has 0 amide bonds. The Balaban J connectivity index is 2.87. The molecule has 1 aromatic rings. The predicted molar refractivity (Wildman–Crippen MR) is 59.8 cm³/mol. The molecule has 0 aromatic carbocycles. The molecule has 0 atom stereocenters. The maximum absolute atomic E-state index is 12.1. The van der Waals surface area contributed by atoms with Gasteiger partial charge in [-0.05, 0) is 24.1 Å². The number of azide groups is 1. The molecule has 1 aromatic heterocycles. The van der Waals surface area contributed by atoms with E-state index in [0.29, 0.717) is 5.56 Å². The van der Waals surface area contributed by atoms with Crippen molar-refractivity contribution in [2.75, 3.05) is 13.2 Å². The third-order valence-electron chi connectivity index (χ3n) is 1.86. The van der Waals surface area contributed by atoms with Crippen LogP contribution in [0.3, 0.4) is 0 Å². The quantitative estimate of drug-likeness (QED) is 0.454. The molecule has 0 radical (unpaired) electrons. The highest BCUT2D eigenvalue weighted by molar-refractivity contribution is 5.36. The number of hydrogen-bond acceptors (Lipinski definition) is 4. The summed E-state index contributed by atoms with van der Waals surface area (Å²) in [5.74, 6) is -0.166. The topological polar surface area (TPSA) is 80.1 Å². The van der Waals surface area contributed by atoms with E-state index in [-0.39, 0.29) is 24.8 Å².